The Morgan fingerprint density at radius 3 is 2.26 bits per heavy atom. The summed E-state index contributed by atoms with van der Waals surface area (Å²) in [4.78, 5) is 0. The fraction of sp³-hybridized carbons (Fsp3) is 0.294. The van der Waals surface area contributed by atoms with Crippen LogP contribution < -0.4 is 4.74 Å². The molecule has 0 radical (unpaired) electrons. The zero-order valence-electron chi connectivity index (χ0n) is 11.2. The van der Waals surface area contributed by atoms with E-state index in [1.165, 1.54) is 24.0 Å². The molecule has 0 atom stereocenters. The summed E-state index contributed by atoms with van der Waals surface area (Å²) in [5, 5.41) is 0. The van der Waals surface area contributed by atoms with Crippen molar-refractivity contribution in [1.82, 2.24) is 0 Å². The van der Waals surface area contributed by atoms with E-state index >= 15 is 0 Å². The highest BCUT2D eigenvalue weighted by Gasteiger charge is 2.01. The maximum absolute atomic E-state index is 5.31. The predicted molar refractivity (Wildman–Crippen MR) is 83.8 cm³/mol. The maximum atomic E-state index is 5.31. The van der Waals surface area contributed by atoms with Crippen LogP contribution in [0.5, 0.6) is 5.75 Å². The summed E-state index contributed by atoms with van der Waals surface area (Å²) in [6, 6.07) is 17.0. The molecule has 2 heteroatoms. The number of methoxy groups -OCH3 is 1. The summed E-state index contributed by atoms with van der Waals surface area (Å²) >= 11 is 3.48. The van der Waals surface area contributed by atoms with Crippen molar-refractivity contribution < 1.29 is 4.74 Å². The van der Waals surface area contributed by atoms with Crippen molar-refractivity contribution in [3.8, 4) is 5.75 Å². The van der Waals surface area contributed by atoms with Gasteiger partial charge in [-0.2, -0.15) is 0 Å². The van der Waals surface area contributed by atoms with Crippen LogP contribution >= 0.6 is 15.9 Å². The first-order valence-electron chi connectivity index (χ1n) is 6.66. The van der Waals surface area contributed by atoms with Gasteiger partial charge in [0.15, 0.2) is 0 Å². The number of ether oxygens (including phenoxy) is 1. The summed E-state index contributed by atoms with van der Waals surface area (Å²) in [7, 11) is 1.71. The van der Waals surface area contributed by atoms with Crippen LogP contribution in [0.2, 0.25) is 0 Å². The topological polar surface area (TPSA) is 9.23 Å². The van der Waals surface area contributed by atoms with Gasteiger partial charge >= 0.3 is 0 Å². The van der Waals surface area contributed by atoms with E-state index in [0.717, 1.165) is 23.1 Å². The third-order valence-electron chi connectivity index (χ3n) is 3.24. The quantitative estimate of drug-likeness (QED) is 0.679. The summed E-state index contributed by atoms with van der Waals surface area (Å²) in [5.41, 5.74) is 2.77. The maximum Gasteiger partial charge on any atom is 0.133 e. The van der Waals surface area contributed by atoms with Crippen molar-refractivity contribution in [3.63, 3.8) is 0 Å². The zero-order valence-corrected chi connectivity index (χ0v) is 12.8. The first-order chi connectivity index (χ1) is 9.29. The fourth-order valence-corrected chi connectivity index (χ4v) is 2.57. The monoisotopic (exact) mass is 318 g/mol. The van der Waals surface area contributed by atoms with Crippen LogP contribution in [0.25, 0.3) is 0 Å². The van der Waals surface area contributed by atoms with Crippen LogP contribution in [-0.4, -0.2) is 7.11 Å². The van der Waals surface area contributed by atoms with Crippen molar-refractivity contribution in [1.29, 1.82) is 0 Å². The highest BCUT2D eigenvalue weighted by atomic mass is 79.9. The third-order valence-corrected chi connectivity index (χ3v) is 3.89. The van der Waals surface area contributed by atoms with Gasteiger partial charge in [0, 0.05) is 0 Å². The molecule has 2 rings (SSSR count). The summed E-state index contributed by atoms with van der Waals surface area (Å²) in [6.45, 7) is 0. The molecule has 0 fully saturated rings. The van der Waals surface area contributed by atoms with Gasteiger partial charge in [0.25, 0.3) is 0 Å². The van der Waals surface area contributed by atoms with Crippen LogP contribution in [0.15, 0.2) is 53.0 Å². The summed E-state index contributed by atoms with van der Waals surface area (Å²) in [5.74, 6) is 0.917. The molecule has 0 aromatic heterocycles. The molecule has 100 valence electrons. The van der Waals surface area contributed by atoms with Gasteiger partial charge in [0.05, 0.1) is 11.6 Å². The fourth-order valence-electron chi connectivity index (χ4n) is 2.16. The highest BCUT2D eigenvalue weighted by molar-refractivity contribution is 9.10. The van der Waals surface area contributed by atoms with Gasteiger partial charge in [-0.3, -0.25) is 0 Å². The minimum Gasteiger partial charge on any atom is -0.496 e. The summed E-state index contributed by atoms with van der Waals surface area (Å²) in [6.07, 6.45) is 4.70. The smallest absolute Gasteiger partial charge is 0.133 e. The van der Waals surface area contributed by atoms with E-state index in [1.807, 2.05) is 0 Å². The predicted octanol–water partition coefficient (Wildman–Crippen LogP) is 5.02. The Bertz CT molecular complexity index is 508. The molecular weight excluding hydrogens is 300 g/mol. The number of hydrogen-bond acceptors (Lipinski definition) is 1. The van der Waals surface area contributed by atoms with E-state index in [4.69, 9.17) is 4.74 Å². The van der Waals surface area contributed by atoms with Crippen LogP contribution in [-0.2, 0) is 12.8 Å². The standard InChI is InChI=1S/C17H19BrO/c1-19-17-13-15(11-12-16(17)18)10-6-5-9-14-7-3-2-4-8-14/h2-4,7-8,11-13H,5-6,9-10H2,1H3. The number of benzene rings is 2. The highest BCUT2D eigenvalue weighted by Crippen LogP contribution is 2.26. The second kappa shape index (κ2) is 7.34. The molecule has 0 amide bonds. The van der Waals surface area contributed by atoms with Crippen LogP contribution in [0, 0.1) is 0 Å². The zero-order chi connectivity index (χ0) is 13.5. The average Bonchev–Trinajstić information content (AvgIpc) is 2.46. The Hall–Kier alpha value is -1.28. The molecular formula is C17H19BrO. The lowest BCUT2D eigenvalue weighted by Crippen LogP contribution is -1.91. The Balaban J connectivity index is 1.80. The van der Waals surface area contributed by atoms with E-state index in [-0.39, 0.29) is 0 Å². The van der Waals surface area contributed by atoms with Crippen LogP contribution in [0.3, 0.4) is 0 Å². The second-order valence-corrected chi connectivity index (χ2v) is 5.52. The van der Waals surface area contributed by atoms with E-state index < -0.39 is 0 Å². The molecule has 0 saturated carbocycles. The average molecular weight is 319 g/mol. The molecule has 0 bridgehead atoms. The molecule has 0 aliphatic rings. The Kier molecular flexibility index (Phi) is 5.46. The van der Waals surface area contributed by atoms with E-state index in [9.17, 15) is 0 Å². The van der Waals surface area contributed by atoms with Crippen molar-refractivity contribution in [3.05, 3.63) is 64.1 Å². The van der Waals surface area contributed by atoms with Gasteiger partial charge in [-0.15, -0.1) is 0 Å². The molecule has 19 heavy (non-hydrogen) atoms. The number of aryl methyl sites for hydroxylation is 2. The molecule has 0 heterocycles. The van der Waals surface area contributed by atoms with Crippen LogP contribution in [0.1, 0.15) is 24.0 Å². The first kappa shape index (κ1) is 14.1. The molecule has 0 aliphatic heterocycles. The lowest BCUT2D eigenvalue weighted by Gasteiger charge is -2.07. The van der Waals surface area contributed by atoms with E-state index in [2.05, 4.69) is 64.5 Å². The van der Waals surface area contributed by atoms with Crippen molar-refractivity contribution in [2.75, 3.05) is 7.11 Å². The Morgan fingerprint density at radius 2 is 1.58 bits per heavy atom. The Morgan fingerprint density at radius 1 is 0.895 bits per heavy atom. The largest absolute Gasteiger partial charge is 0.496 e. The Labute approximate surface area is 123 Å². The van der Waals surface area contributed by atoms with E-state index in [1.54, 1.807) is 7.11 Å². The minimum absolute atomic E-state index is 0.917. The molecule has 0 spiro atoms. The molecule has 0 N–H and O–H groups in total. The summed E-state index contributed by atoms with van der Waals surface area (Å²) < 4.78 is 6.33. The van der Waals surface area contributed by atoms with Gasteiger partial charge in [-0.1, -0.05) is 36.4 Å². The normalized spacial score (nSPS) is 10.4. The first-order valence-corrected chi connectivity index (χ1v) is 7.45. The minimum atomic E-state index is 0.917. The molecule has 2 aromatic rings. The second-order valence-electron chi connectivity index (χ2n) is 4.66. The van der Waals surface area contributed by atoms with Gasteiger partial charge in [0.2, 0.25) is 0 Å². The van der Waals surface area contributed by atoms with Gasteiger partial charge in [-0.25, -0.2) is 0 Å². The van der Waals surface area contributed by atoms with Crippen molar-refractivity contribution >= 4 is 15.9 Å². The van der Waals surface area contributed by atoms with E-state index in [0.29, 0.717) is 0 Å². The van der Waals surface area contributed by atoms with Gasteiger partial charge in [-0.05, 0) is 64.9 Å². The van der Waals surface area contributed by atoms with Crippen molar-refractivity contribution in [2.24, 2.45) is 0 Å². The number of halogens is 1. The molecule has 0 unspecified atom stereocenters. The van der Waals surface area contributed by atoms with Crippen LogP contribution in [0.4, 0.5) is 0 Å². The SMILES string of the molecule is COc1cc(CCCCc2ccccc2)ccc1Br. The van der Waals surface area contributed by atoms with Gasteiger partial charge < -0.3 is 4.74 Å². The lowest BCUT2D eigenvalue weighted by molar-refractivity contribution is 0.411. The molecule has 0 saturated heterocycles. The number of unbranched alkanes of at least 4 members (excludes halogenated alkanes) is 1. The van der Waals surface area contributed by atoms with Gasteiger partial charge in [0.1, 0.15) is 5.75 Å². The molecule has 0 aliphatic carbocycles. The number of hydrogen-bond donors (Lipinski definition) is 0. The molecule has 1 nitrogen and oxygen atoms in total. The third kappa shape index (κ3) is 4.39. The lowest BCUT2D eigenvalue weighted by atomic mass is 10.0. The number of rotatable bonds is 6. The molecule has 2 aromatic carbocycles. The van der Waals surface area contributed by atoms with Crippen molar-refractivity contribution in [2.45, 2.75) is 25.7 Å².